The predicted molar refractivity (Wildman–Crippen MR) is 119 cm³/mol. The third-order valence-corrected chi connectivity index (χ3v) is 4.89. The first-order valence-corrected chi connectivity index (χ1v) is 10.7. The Balaban J connectivity index is 1.55. The van der Waals surface area contributed by atoms with Crippen LogP contribution in [0.2, 0.25) is 0 Å². The first-order chi connectivity index (χ1) is 14.9. The monoisotopic (exact) mass is 434 g/mol. The van der Waals surface area contributed by atoms with Crippen molar-refractivity contribution in [1.29, 1.82) is 0 Å². The zero-order valence-corrected chi connectivity index (χ0v) is 17.0. The molecule has 31 heavy (non-hydrogen) atoms. The Morgan fingerprint density at radius 1 is 0.968 bits per heavy atom. The summed E-state index contributed by atoms with van der Waals surface area (Å²) in [5, 5.41) is 9.77. The smallest absolute Gasteiger partial charge is 0.371 e. The van der Waals surface area contributed by atoms with E-state index in [9.17, 15) is 13.2 Å². The number of aromatic amines is 1. The number of hydrazone groups is 1. The quantitative estimate of drug-likeness (QED) is 0.318. The molecule has 8 nitrogen and oxygen atoms in total. The van der Waals surface area contributed by atoms with Crippen molar-refractivity contribution < 1.29 is 17.4 Å². The number of fused-ring (bicyclic) bond motifs is 1. The van der Waals surface area contributed by atoms with Gasteiger partial charge in [0.15, 0.2) is 0 Å². The van der Waals surface area contributed by atoms with E-state index >= 15 is 0 Å². The van der Waals surface area contributed by atoms with E-state index in [0.29, 0.717) is 11.3 Å². The molecule has 1 aromatic heterocycles. The number of benzene rings is 3. The second kappa shape index (κ2) is 8.42. The molecule has 4 rings (SSSR count). The topological polar surface area (TPSA) is 127 Å². The maximum Gasteiger partial charge on any atom is 0.380 e. The van der Waals surface area contributed by atoms with Crippen molar-refractivity contribution in [2.24, 2.45) is 10.2 Å². The fourth-order valence-electron chi connectivity index (χ4n) is 3.18. The number of H-pyrrole nitrogens is 1. The third kappa shape index (κ3) is 4.80. The van der Waals surface area contributed by atoms with Crippen molar-refractivity contribution in [1.82, 2.24) is 10.4 Å². The summed E-state index contributed by atoms with van der Waals surface area (Å²) in [7, 11) is -4.08. The zero-order chi connectivity index (χ0) is 21.8. The van der Waals surface area contributed by atoms with Gasteiger partial charge >= 0.3 is 10.3 Å². The number of nitrogens with one attached hydrogen (secondary N) is 2. The summed E-state index contributed by atoms with van der Waals surface area (Å²) in [6, 6.07) is 23.3. The van der Waals surface area contributed by atoms with Gasteiger partial charge in [0.2, 0.25) is 0 Å². The highest BCUT2D eigenvalue weighted by atomic mass is 32.2. The summed E-state index contributed by atoms with van der Waals surface area (Å²) in [6.45, 7) is 0. The van der Waals surface area contributed by atoms with Crippen LogP contribution in [0.5, 0.6) is 5.75 Å². The Morgan fingerprint density at radius 3 is 2.35 bits per heavy atom. The van der Waals surface area contributed by atoms with Crippen molar-refractivity contribution in [3.05, 3.63) is 90.1 Å². The van der Waals surface area contributed by atoms with Gasteiger partial charge < -0.3 is 9.17 Å². The molecule has 0 atom stereocenters. The summed E-state index contributed by atoms with van der Waals surface area (Å²) >= 11 is 0. The second-order valence-corrected chi connectivity index (χ2v) is 7.78. The lowest BCUT2D eigenvalue weighted by Crippen LogP contribution is -2.19. The average molecular weight is 434 g/mol. The number of hydrogen-bond donors (Lipinski definition) is 3. The van der Waals surface area contributed by atoms with E-state index in [-0.39, 0.29) is 11.7 Å². The Hall–Kier alpha value is -3.95. The Kier molecular flexibility index (Phi) is 5.52. The molecule has 0 saturated carbocycles. The van der Waals surface area contributed by atoms with Crippen molar-refractivity contribution >= 4 is 33.3 Å². The van der Waals surface area contributed by atoms with E-state index in [1.165, 1.54) is 18.3 Å². The number of carbonyl (C=O) groups excluding carboxylic acids is 1. The molecule has 0 saturated heterocycles. The Labute approximate surface area is 178 Å². The molecule has 0 bridgehead atoms. The van der Waals surface area contributed by atoms with Gasteiger partial charge in [0.25, 0.3) is 5.91 Å². The van der Waals surface area contributed by atoms with Crippen molar-refractivity contribution in [2.45, 2.75) is 0 Å². The lowest BCUT2D eigenvalue weighted by molar-refractivity contribution is 0.0951. The van der Waals surface area contributed by atoms with Gasteiger partial charge in [-0.25, -0.2) is 5.43 Å². The van der Waals surface area contributed by atoms with Gasteiger partial charge in [-0.2, -0.15) is 18.7 Å². The number of aromatic nitrogens is 1. The van der Waals surface area contributed by atoms with Crippen LogP contribution in [0.25, 0.3) is 22.0 Å². The Bertz CT molecular complexity index is 1360. The van der Waals surface area contributed by atoms with E-state index in [4.69, 9.17) is 5.14 Å². The zero-order valence-electron chi connectivity index (χ0n) is 16.1. The minimum absolute atomic E-state index is 0.0780. The van der Waals surface area contributed by atoms with E-state index < -0.39 is 10.3 Å². The minimum atomic E-state index is -4.08. The molecule has 0 unspecified atom stereocenters. The fourth-order valence-corrected chi connectivity index (χ4v) is 3.56. The van der Waals surface area contributed by atoms with Crippen molar-refractivity contribution in [2.75, 3.05) is 0 Å². The molecular weight excluding hydrogens is 416 g/mol. The SMILES string of the molecule is NS(=O)(=O)Oc1ccc(/C=N/NC(=O)c2[nH]c3ccccc3c2-c2ccccc2)cc1. The van der Waals surface area contributed by atoms with Crippen LogP contribution in [0.15, 0.2) is 84.0 Å². The number of nitrogens with two attached hydrogens (primary N) is 1. The summed E-state index contributed by atoms with van der Waals surface area (Å²) in [5.74, 6) is -0.310. The normalized spacial score (nSPS) is 11.6. The molecule has 1 amide bonds. The molecule has 3 aromatic carbocycles. The number of hydrogen-bond acceptors (Lipinski definition) is 5. The predicted octanol–water partition coefficient (Wildman–Crippen LogP) is 3.18. The highest BCUT2D eigenvalue weighted by Gasteiger charge is 2.18. The number of carbonyl (C=O) groups is 1. The largest absolute Gasteiger partial charge is 0.380 e. The van der Waals surface area contributed by atoms with Crippen molar-refractivity contribution in [3.63, 3.8) is 0 Å². The van der Waals surface area contributed by atoms with Crippen molar-refractivity contribution in [3.8, 4) is 16.9 Å². The summed E-state index contributed by atoms with van der Waals surface area (Å²) < 4.78 is 26.5. The van der Waals surface area contributed by atoms with Crippen LogP contribution in [0.3, 0.4) is 0 Å². The van der Waals surface area contributed by atoms with Crippen LogP contribution >= 0.6 is 0 Å². The first kappa shape index (κ1) is 20.3. The summed E-state index contributed by atoms with van der Waals surface area (Å²) in [4.78, 5) is 16.0. The summed E-state index contributed by atoms with van der Waals surface area (Å²) in [5.41, 5.74) is 6.12. The van der Waals surface area contributed by atoms with Gasteiger partial charge in [-0.05, 0) is 41.5 Å². The number of nitrogens with zero attached hydrogens (tertiary/aromatic N) is 1. The molecule has 1 heterocycles. The van der Waals surface area contributed by atoms with Crippen LogP contribution in [0.4, 0.5) is 0 Å². The van der Waals surface area contributed by atoms with E-state index in [2.05, 4.69) is 19.7 Å². The van der Waals surface area contributed by atoms with Crippen LogP contribution in [-0.2, 0) is 10.3 Å². The van der Waals surface area contributed by atoms with Gasteiger partial charge in [-0.15, -0.1) is 0 Å². The molecule has 0 aliphatic carbocycles. The Morgan fingerprint density at radius 2 is 1.65 bits per heavy atom. The van der Waals surface area contributed by atoms with Crippen LogP contribution in [-0.4, -0.2) is 25.5 Å². The van der Waals surface area contributed by atoms with Gasteiger partial charge in [0, 0.05) is 16.5 Å². The molecule has 0 aliphatic rings. The second-order valence-electron chi connectivity index (χ2n) is 6.63. The molecule has 0 fully saturated rings. The first-order valence-electron chi connectivity index (χ1n) is 9.22. The number of amides is 1. The number of rotatable bonds is 6. The van der Waals surface area contributed by atoms with Gasteiger partial charge in [-0.3, -0.25) is 4.79 Å². The highest BCUT2D eigenvalue weighted by Crippen LogP contribution is 2.32. The van der Waals surface area contributed by atoms with Crippen LogP contribution in [0.1, 0.15) is 16.1 Å². The highest BCUT2D eigenvalue weighted by molar-refractivity contribution is 7.84. The average Bonchev–Trinajstić information content (AvgIpc) is 3.14. The third-order valence-electron chi connectivity index (χ3n) is 4.47. The summed E-state index contributed by atoms with van der Waals surface area (Å²) in [6.07, 6.45) is 1.43. The van der Waals surface area contributed by atoms with Crippen LogP contribution < -0.4 is 14.7 Å². The van der Waals surface area contributed by atoms with Gasteiger partial charge in [0.05, 0.1) is 6.21 Å². The van der Waals surface area contributed by atoms with Gasteiger partial charge in [-0.1, -0.05) is 48.5 Å². The van der Waals surface area contributed by atoms with Gasteiger partial charge in [0.1, 0.15) is 11.4 Å². The molecule has 4 aromatic rings. The molecule has 0 radical (unpaired) electrons. The lowest BCUT2D eigenvalue weighted by atomic mass is 10.0. The standard InChI is InChI=1S/C22H18N4O4S/c23-31(28,29)30-17-12-10-15(11-13-17)14-24-26-22(27)21-20(16-6-2-1-3-7-16)18-8-4-5-9-19(18)25-21/h1-14,25H,(H,26,27)(H2,23,28,29)/b24-14+. The van der Waals surface area contributed by atoms with E-state index in [0.717, 1.165) is 22.0 Å². The molecule has 0 spiro atoms. The maximum atomic E-state index is 12.9. The van der Waals surface area contributed by atoms with E-state index in [1.807, 2.05) is 54.6 Å². The maximum absolute atomic E-state index is 12.9. The van der Waals surface area contributed by atoms with E-state index in [1.54, 1.807) is 12.1 Å². The lowest BCUT2D eigenvalue weighted by Gasteiger charge is -2.04. The number of para-hydroxylation sites is 1. The molecule has 4 N–H and O–H groups in total. The molecule has 156 valence electrons. The minimum Gasteiger partial charge on any atom is -0.371 e. The molecular formula is C22H18N4O4S. The van der Waals surface area contributed by atoms with Crippen LogP contribution in [0, 0.1) is 0 Å². The fraction of sp³-hybridized carbons (Fsp3) is 0. The molecule has 9 heteroatoms. The molecule has 0 aliphatic heterocycles.